The van der Waals surface area contributed by atoms with Gasteiger partial charge in [-0.05, 0) is 52.1 Å². The third-order valence-electron chi connectivity index (χ3n) is 8.22. The first-order valence-corrected chi connectivity index (χ1v) is 16.4. The number of ether oxygens (including phenoxy) is 4. The first-order valence-electron chi connectivity index (χ1n) is 14.3. The van der Waals surface area contributed by atoms with Gasteiger partial charge in [0, 0.05) is 18.5 Å². The van der Waals surface area contributed by atoms with Gasteiger partial charge in [-0.1, -0.05) is 19.3 Å². The number of aromatic nitrogens is 4. The van der Waals surface area contributed by atoms with Crippen LogP contribution in [0.3, 0.4) is 0 Å². The van der Waals surface area contributed by atoms with Gasteiger partial charge in [-0.3, -0.25) is 4.57 Å². The molecule has 4 aliphatic rings. The summed E-state index contributed by atoms with van der Waals surface area (Å²) in [5.41, 5.74) is 0.970. The van der Waals surface area contributed by atoms with Crippen molar-refractivity contribution in [2.45, 2.75) is 90.1 Å². The van der Waals surface area contributed by atoms with Crippen LogP contribution in [-0.4, -0.2) is 83.1 Å². The highest BCUT2D eigenvalue weighted by Crippen LogP contribution is 2.49. The highest BCUT2D eigenvalue weighted by Gasteiger charge is 2.57. The molecule has 2 aromatic rings. The quantitative estimate of drug-likeness (QED) is 0.274. The topological polar surface area (TPSA) is 119 Å². The maximum atomic E-state index is 12.9. The van der Waals surface area contributed by atoms with E-state index in [1.807, 2.05) is 13.8 Å². The second kappa shape index (κ2) is 11.0. The normalized spacial score (nSPS) is 29.3. The largest absolute Gasteiger partial charge is 0.366 e. The van der Waals surface area contributed by atoms with Crippen LogP contribution in [0.5, 0.6) is 0 Å². The van der Waals surface area contributed by atoms with Crippen molar-refractivity contribution in [3.8, 4) is 0 Å². The Morgan fingerprint density at radius 2 is 1.77 bits per heavy atom. The van der Waals surface area contributed by atoms with Crippen molar-refractivity contribution in [3.05, 3.63) is 11.5 Å². The van der Waals surface area contributed by atoms with Crippen molar-refractivity contribution in [2.24, 2.45) is 5.41 Å². The summed E-state index contributed by atoms with van der Waals surface area (Å²) in [5, 5.41) is 5.66. The van der Waals surface area contributed by atoms with Crippen LogP contribution < -0.4 is 4.90 Å². The molecule has 0 aromatic carbocycles. The van der Waals surface area contributed by atoms with Crippen molar-refractivity contribution in [1.82, 2.24) is 19.7 Å². The Kier molecular flexibility index (Phi) is 7.93. The molecule has 5 heterocycles. The SMILES string of the molecule is CCOP(=O)(COC[C@H]1O[C@@H](n2ncc3c(N4CC5(CCCCC5)C4)nc(Cl)nc32)[C@@H]2OC(C)(C)O[C@@H]21)OCC. The average Bonchev–Trinajstić information content (AvgIpc) is 3.54. The number of halogens is 1. The molecule has 1 spiro atoms. The zero-order valence-electron chi connectivity index (χ0n) is 23.6. The minimum atomic E-state index is -3.36. The molecule has 0 radical (unpaired) electrons. The number of fused-ring (bicyclic) bond motifs is 2. The molecular formula is C26H39ClN5O7P. The zero-order valence-corrected chi connectivity index (χ0v) is 25.2. The van der Waals surface area contributed by atoms with Gasteiger partial charge in [0.15, 0.2) is 17.7 Å². The van der Waals surface area contributed by atoms with Gasteiger partial charge in [0.2, 0.25) is 5.28 Å². The lowest BCUT2D eigenvalue weighted by molar-refractivity contribution is -0.202. The molecule has 1 saturated carbocycles. The summed E-state index contributed by atoms with van der Waals surface area (Å²) in [6, 6.07) is 0. The predicted molar refractivity (Wildman–Crippen MR) is 147 cm³/mol. The Hall–Kier alpha value is -1.37. The molecule has 3 saturated heterocycles. The molecule has 4 fully saturated rings. The molecule has 1 aliphatic carbocycles. The molecule has 14 heteroatoms. The van der Waals surface area contributed by atoms with Crippen LogP contribution in [0.25, 0.3) is 11.0 Å². The third kappa shape index (κ3) is 5.42. The fourth-order valence-electron chi connectivity index (χ4n) is 6.62. The molecule has 40 heavy (non-hydrogen) atoms. The molecule has 2 aromatic heterocycles. The smallest absolute Gasteiger partial charge is 0.356 e. The van der Waals surface area contributed by atoms with E-state index in [9.17, 15) is 4.57 Å². The minimum absolute atomic E-state index is 0.108. The van der Waals surface area contributed by atoms with E-state index in [-0.39, 0.29) is 31.5 Å². The van der Waals surface area contributed by atoms with Gasteiger partial charge in [0.05, 0.1) is 31.4 Å². The van der Waals surface area contributed by atoms with Gasteiger partial charge in [-0.25, -0.2) is 4.68 Å². The zero-order chi connectivity index (χ0) is 28.1. The molecule has 4 atom stereocenters. The minimum Gasteiger partial charge on any atom is -0.366 e. The van der Waals surface area contributed by atoms with E-state index < -0.39 is 37.9 Å². The summed E-state index contributed by atoms with van der Waals surface area (Å²) in [6.45, 7) is 9.83. The van der Waals surface area contributed by atoms with Gasteiger partial charge in [-0.2, -0.15) is 15.1 Å². The van der Waals surface area contributed by atoms with Crippen LogP contribution in [0, 0.1) is 5.41 Å². The van der Waals surface area contributed by atoms with E-state index in [1.165, 1.54) is 32.1 Å². The highest BCUT2D eigenvalue weighted by molar-refractivity contribution is 7.53. The lowest BCUT2D eigenvalue weighted by Crippen LogP contribution is -2.57. The van der Waals surface area contributed by atoms with Gasteiger partial charge >= 0.3 is 7.60 Å². The molecule has 0 unspecified atom stereocenters. The van der Waals surface area contributed by atoms with Crippen LogP contribution >= 0.6 is 19.2 Å². The molecule has 0 bridgehead atoms. The number of rotatable bonds is 10. The molecule has 6 rings (SSSR count). The molecule has 0 amide bonds. The van der Waals surface area contributed by atoms with Crippen LogP contribution in [-0.2, 0) is 32.6 Å². The van der Waals surface area contributed by atoms with E-state index in [4.69, 9.17) is 39.6 Å². The average molecular weight is 600 g/mol. The first kappa shape index (κ1) is 28.7. The second-order valence-electron chi connectivity index (χ2n) is 11.6. The molecule has 3 aliphatic heterocycles. The number of anilines is 1. The van der Waals surface area contributed by atoms with E-state index in [0.717, 1.165) is 24.3 Å². The molecular weight excluding hydrogens is 561 g/mol. The van der Waals surface area contributed by atoms with Gasteiger partial charge in [-0.15, -0.1) is 0 Å². The molecule has 12 nitrogen and oxygen atoms in total. The van der Waals surface area contributed by atoms with Crippen molar-refractivity contribution >= 4 is 36.0 Å². The Bertz CT molecular complexity index is 1250. The maximum absolute atomic E-state index is 12.9. The summed E-state index contributed by atoms with van der Waals surface area (Å²) in [7, 11) is -3.36. The summed E-state index contributed by atoms with van der Waals surface area (Å²) in [4.78, 5) is 11.4. The fraction of sp³-hybridized carbons (Fsp3) is 0.808. The lowest BCUT2D eigenvalue weighted by Gasteiger charge is -2.53. The van der Waals surface area contributed by atoms with Crippen LogP contribution in [0.2, 0.25) is 5.28 Å². The predicted octanol–water partition coefficient (Wildman–Crippen LogP) is 4.91. The van der Waals surface area contributed by atoms with Gasteiger partial charge in [0.1, 0.15) is 30.5 Å². The summed E-state index contributed by atoms with van der Waals surface area (Å²) < 4.78 is 49.9. The van der Waals surface area contributed by atoms with E-state index in [2.05, 4.69) is 20.0 Å². The van der Waals surface area contributed by atoms with E-state index >= 15 is 0 Å². The van der Waals surface area contributed by atoms with E-state index in [0.29, 0.717) is 11.1 Å². The molecule has 222 valence electrons. The monoisotopic (exact) mass is 599 g/mol. The number of hydrogen-bond donors (Lipinski definition) is 0. The van der Waals surface area contributed by atoms with Crippen molar-refractivity contribution in [2.75, 3.05) is 44.2 Å². The van der Waals surface area contributed by atoms with Crippen molar-refractivity contribution in [1.29, 1.82) is 0 Å². The lowest BCUT2D eigenvalue weighted by atomic mass is 9.68. The van der Waals surface area contributed by atoms with Crippen LogP contribution in [0.4, 0.5) is 5.82 Å². The number of hydrogen-bond acceptors (Lipinski definition) is 11. The van der Waals surface area contributed by atoms with Crippen LogP contribution in [0.1, 0.15) is 66.0 Å². The summed E-state index contributed by atoms with van der Waals surface area (Å²) in [6.07, 6.45) is 6.00. The maximum Gasteiger partial charge on any atom is 0.356 e. The second-order valence-corrected chi connectivity index (χ2v) is 14.0. The van der Waals surface area contributed by atoms with E-state index in [1.54, 1.807) is 24.7 Å². The van der Waals surface area contributed by atoms with Crippen molar-refractivity contribution < 1.29 is 32.6 Å². The van der Waals surface area contributed by atoms with Gasteiger partial charge in [0.25, 0.3) is 0 Å². The Morgan fingerprint density at radius 3 is 2.48 bits per heavy atom. The Balaban J connectivity index is 1.22. The van der Waals surface area contributed by atoms with Crippen LogP contribution in [0.15, 0.2) is 6.20 Å². The number of nitrogens with zero attached hydrogens (tertiary/aromatic N) is 5. The first-order chi connectivity index (χ1) is 19.1. The fourth-order valence-corrected chi connectivity index (χ4v) is 8.12. The molecule has 0 N–H and O–H groups in total. The third-order valence-corrected chi connectivity index (χ3v) is 10.2. The van der Waals surface area contributed by atoms with Crippen molar-refractivity contribution in [3.63, 3.8) is 0 Å². The Morgan fingerprint density at radius 1 is 1.07 bits per heavy atom. The summed E-state index contributed by atoms with van der Waals surface area (Å²) in [5.74, 6) is -0.0211. The van der Waals surface area contributed by atoms with Gasteiger partial charge < -0.3 is 32.9 Å². The summed E-state index contributed by atoms with van der Waals surface area (Å²) >= 11 is 6.45. The standard InChI is InChI=1S/C26H39ClN5O7P/c1-5-35-40(33,36-6-2)16-34-13-18-19-20(39-25(3,4)38-19)23(37-18)32-22-17(12-28-32)21(29-24(27)30-22)31-14-26(15-31)10-8-7-9-11-26/h12,18-20,23H,5-11,13-16H2,1-4H3/t18-,19-,20-,23-/m1/s1. The highest BCUT2D eigenvalue weighted by atomic mass is 35.5. The Labute approximate surface area is 239 Å².